The van der Waals surface area contributed by atoms with Gasteiger partial charge in [0.1, 0.15) is 19.0 Å². The number of carbonyl (C=O) groups is 3. The van der Waals surface area contributed by atoms with E-state index in [1.54, 1.807) is 36.4 Å². The van der Waals surface area contributed by atoms with Crippen molar-refractivity contribution in [2.45, 2.75) is 13.0 Å². The van der Waals surface area contributed by atoms with Gasteiger partial charge in [-0.15, -0.1) is 0 Å². The first-order chi connectivity index (χ1) is 12.4. The predicted molar refractivity (Wildman–Crippen MR) is 91.0 cm³/mol. The maximum Gasteiger partial charge on any atom is 0.407 e. The second-order valence-electron chi connectivity index (χ2n) is 5.37. The second kappa shape index (κ2) is 9.16. The zero-order valence-electron chi connectivity index (χ0n) is 13.7. The number of carboxylic acid groups (broad SMARTS) is 1. The van der Waals surface area contributed by atoms with Crippen LogP contribution >= 0.6 is 0 Å². The predicted octanol–water partition coefficient (Wildman–Crippen LogP) is 2.32. The maximum atomic E-state index is 12.8. The summed E-state index contributed by atoms with van der Waals surface area (Å²) in [5.41, 5.74) is 1.93. The maximum absolute atomic E-state index is 12.8. The van der Waals surface area contributed by atoms with Crippen molar-refractivity contribution < 1.29 is 28.6 Å². The summed E-state index contributed by atoms with van der Waals surface area (Å²) in [7, 11) is 0. The van der Waals surface area contributed by atoms with Crippen molar-refractivity contribution in [3.8, 4) is 0 Å². The molecule has 2 aromatic carbocycles. The van der Waals surface area contributed by atoms with Gasteiger partial charge in [-0.3, -0.25) is 9.59 Å². The summed E-state index contributed by atoms with van der Waals surface area (Å²) in [4.78, 5) is 33.5. The fourth-order valence-electron chi connectivity index (χ4n) is 2.02. The van der Waals surface area contributed by atoms with Crippen LogP contribution in [0.2, 0.25) is 0 Å². The molecule has 0 spiro atoms. The standard InChI is InChI=1S/C18H17FN2O5/c19-14-5-1-12(2-6-14)9-16(22)21-15-7-3-13(4-8-15)11-26-18(25)20-10-17(23)24/h1-8H,9-11H2,(H,20,25)(H,21,22)(H,23,24). The third kappa shape index (κ3) is 6.60. The Morgan fingerprint density at radius 3 is 2.19 bits per heavy atom. The number of carboxylic acids is 1. The molecule has 26 heavy (non-hydrogen) atoms. The number of halogens is 1. The molecule has 0 aliphatic rings. The highest BCUT2D eigenvalue weighted by Gasteiger charge is 2.07. The summed E-state index contributed by atoms with van der Waals surface area (Å²) in [6, 6.07) is 12.3. The molecule has 0 atom stereocenters. The second-order valence-corrected chi connectivity index (χ2v) is 5.37. The monoisotopic (exact) mass is 360 g/mol. The number of nitrogens with one attached hydrogen (secondary N) is 2. The molecular formula is C18H17FN2O5. The number of alkyl carbamates (subject to hydrolysis) is 1. The molecular weight excluding hydrogens is 343 g/mol. The van der Waals surface area contributed by atoms with Crippen molar-refractivity contribution >= 4 is 23.7 Å². The average molecular weight is 360 g/mol. The van der Waals surface area contributed by atoms with Crippen molar-refractivity contribution in [2.24, 2.45) is 0 Å². The minimum atomic E-state index is -1.16. The number of amides is 2. The number of carbonyl (C=O) groups excluding carboxylic acids is 2. The molecule has 0 radical (unpaired) electrons. The number of rotatable bonds is 7. The molecule has 7 nitrogen and oxygen atoms in total. The highest BCUT2D eigenvalue weighted by molar-refractivity contribution is 5.92. The zero-order valence-corrected chi connectivity index (χ0v) is 13.7. The lowest BCUT2D eigenvalue weighted by atomic mass is 10.1. The van der Waals surface area contributed by atoms with E-state index in [2.05, 4.69) is 10.6 Å². The van der Waals surface area contributed by atoms with Gasteiger partial charge < -0.3 is 20.5 Å². The van der Waals surface area contributed by atoms with E-state index in [9.17, 15) is 18.8 Å². The van der Waals surface area contributed by atoms with E-state index in [1.165, 1.54) is 12.1 Å². The molecule has 0 aromatic heterocycles. The van der Waals surface area contributed by atoms with Gasteiger partial charge in [0, 0.05) is 5.69 Å². The Labute approximate surface area is 148 Å². The van der Waals surface area contributed by atoms with E-state index in [1.807, 2.05) is 0 Å². The van der Waals surface area contributed by atoms with E-state index in [0.717, 1.165) is 0 Å². The van der Waals surface area contributed by atoms with Crippen LogP contribution in [0.3, 0.4) is 0 Å². The van der Waals surface area contributed by atoms with Gasteiger partial charge in [0.2, 0.25) is 5.91 Å². The summed E-state index contributed by atoms with van der Waals surface area (Å²) >= 11 is 0. The Morgan fingerprint density at radius 2 is 1.58 bits per heavy atom. The molecule has 3 N–H and O–H groups in total. The Balaban J connectivity index is 1.79. The molecule has 2 amide bonds. The first-order valence-electron chi connectivity index (χ1n) is 7.68. The lowest BCUT2D eigenvalue weighted by Gasteiger charge is -2.08. The molecule has 2 rings (SSSR count). The number of hydrogen-bond acceptors (Lipinski definition) is 4. The van der Waals surface area contributed by atoms with Crippen LogP contribution in [0.1, 0.15) is 11.1 Å². The van der Waals surface area contributed by atoms with Crippen LogP contribution in [0.25, 0.3) is 0 Å². The van der Waals surface area contributed by atoms with Crippen LogP contribution in [0.15, 0.2) is 48.5 Å². The largest absolute Gasteiger partial charge is 0.480 e. The molecule has 0 aliphatic carbocycles. The Kier molecular flexibility index (Phi) is 6.67. The van der Waals surface area contributed by atoms with Gasteiger partial charge in [0.25, 0.3) is 0 Å². The first-order valence-corrected chi connectivity index (χ1v) is 7.68. The highest BCUT2D eigenvalue weighted by Crippen LogP contribution is 2.12. The molecule has 8 heteroatoms. The Morgan fingerprint density at radius 1 is 0.962 bits per heavy atom. The van der Waals surface area contributed by atoms with E-state index < -0.39 is 18.6 Å². The van der Waals surface area contributed by atoms with Crippen LogP contribution in [0.5, 0.6) is 0 Å². The van der Waals surface area contributed by atoms with Crippen LogP contribution in [0.4, 0.5) is 14.9 Å². The molecule has 0 saturated carbocycles. The Bertz CT molecular complexity index is 775. The summed E-state index contributed by atoms with van der Waals surface area (Å²) < 4.78 is 17.7. The molecule has 0 unspecified atom stereocenters. The molecule has 0 fully saturated rings. The first kappa shape index (κ1) is 18.9. The van der Waals surface area contributed by atoms with E-state index in [4.69, 9.17) is 9.84 Å². The molecule has 0 aliphatic heterocycles. The molecule has 0 bridgehead atoms. The van der Waals surface area contributed by atoms with Gasteiger partial charge >= 0.3 is 12.1 Å². The van der Waals surface area contributed by atoms with Gasteiger partial charge in [-0.05, 0) is 35.4 Å². The van der Waals surface area contributed by atoms with Crippen LogP contribution in [-0.2, 0) is 27.4 Å². The molecule has 0 saturated heterocycles. The molecule has 136 valence electrons. The van der Waals surface area contributed by atoms with Gasteiger partial charge in [0.05, 0.1) is 6.42 Å². The fourth-order valence-corrected chi connectivity index (χ4v) is 2.02. The highest BCUT2D eigenvalue weighted by atomic mass is 19.1. The lowest BCUT2D eigenvalue weighted by Crippen LogP contribution is -2.29. The van der Waals surface area contributed by atoms with Gasteiger partial charge in [0.15, 0.2) is 0 Å². The van der Waals surface area contributed by atoms with Crippen molar-refractivity contribution in [1.29, 1.82) is 0 Å². The lowest BCUT2D eigenvalue weighted by molar-refractivity contribution is -0.135. The number of anilines is 1. The molecule has 2 aromatic rings. The number of ether oxygens (including phenoxy) is 1. The normalized spacial score (nSPS) is 10.0. The van der Waals surface area contributed by atoms with Gasteiger partial charge in [-0.2, -0.15) is 0 Å². The van der Waals surface area contributed by atoms with Crippen molar-refractivity contribution in [1.82, 2.24) is 5.32 Å². The minimum absolute atomic E-state index is 0.0325. The minimum Gasteiger partial charge on any atom is -0.480 e. The topological polar surface area (TPSA) is 105 Å². The van der Waals surface area contributed by atoms with E-state index >= 15 is 0 Å². The third-order valence-corrected chi connectivity index (χ3v) is 3.27. The van der Waals surface area contributed by atoms with Crippen LogP contribution in [-0.4, -0.2) is 29.6 Å². The summed E-state index contributed by atoms with van der Waals surface area (Å²) in [5.74, 6) is -1.76. The van der Waals surface area contributed by atoms with E-state index in [0.29, 0.717) is 16.8 Å². The van der Waals surface area contributed by atoms with Crippen LogP contribution < -0.4 is 10.6 Å². The summed E-state index contributed by atoms with van der Waals surface area (Å²) in [6.07, 6.45) is -0.710. The quantitative estimate of drug-likeness (QED) is 0.703. The van der Waals surface area contributed by atoms with Gasteiger partial charge in [-0.1, -0.05) is 24.3 Å². The fraction of sp³-hybridized carbons (Fsp3) is 0.167. The van der Waals surface area contributed by atoms with E-state index in [-0.39, 0.29) is 24.8 Å². The van der Waals surface area contributed by atoms with Crippen LogP contribution in [0, 0.1) is 5.82 Å². The van der Waals surface area contributed by atoms with Crippen molar-refractivity contribution in [3.05, 3.63) is 65.5 Å². The number of benzene rings is 2. The van der Waals surface area contributed by atoms with Crippen molar-refractivity contribution in [3.63, 3.8) is 0 Å². The zero-order chi connectivity index (χ0) is 18.9. The van der Waals surface area contributed by atoms with Gasteiger partial charge in [-0.25, -0.2) is 9.18 Å². The Hall–Kier alpha value is -3.42. The third-order valence-electron chi connectivity index (χ3n) is 3.27. The smallest absolute Gasteiger partial charge is 0.407 e. The number of hydrogen-bond donors (Lipinski definition) is 3. The SMILES string of the molecule is O=C(O)CNC(=O)OCc1ccc(NC(=O)Cc2ccc(F)cc2)cc1. The molecule has 0 heterocycles. The van der Waals surface area contributed by atoms with Crippen molar-refractivity contribution in [2.75, 3.05) is 11.9 Å². The summed E-state index contributed by atoms with van der Waals surface area (Å²) in [6.45, 7) is -0.548. The summed E-state index contributed by atoms with van der Waals surface area (Å²) in [5, 5.41) is 13.2. The number of aliphatic carboxylic acids is 1. The average Bonchev–Trinajstić information content (AvgIpc) is 2.61.